The van der Waals surface area contributed by atoms with E-state index in [9.17, 15) is 0 Å². The fourth-order valence-electron chi connectivity index (χ4n) is 1.42. The van der Waals surface area contributed by atoms with Gasteiger partial charge in [-0.2, -0.15) is 0 Å². The SMILES string of the molecule is Brc1ccc(-c2nnc(-c3ccccn3)s2)nc1. The van der Waals surface area contributed by atoms with E-state index in [-0.39, 0.29) is 0 Å². The first-order valence-electron chi connectivity index (χ1n) is 5.20. The minimum absolute atomic E-state index is 0.795. The van der Waals surface area contributed by atoms with E-state index in [1.54, 1.807) is 12.4 Å². The molecular weight excluding hydrogens is 312 g/mol. The summed E-state index contributed by atoms with van der Waals surface area (Å²) in [6.07, 6.45) is 3.49. The molecule has 0 unspecified atom stereocenters. The van der Waals surface area contributed by atoms with Gasteiger partial charge in [0.2, 0.25) is 0 Å². The van der Waals surface area contributed by atoms with Crippen molar-refractivity contribution in [2.75, 3.05) is 0 Å². The molecule has 18 heavy (non-hydrogen) atoms. The summed E-state index contributed by atoms with van der Waals surface area (Å²) < 4.78 is 0.945. The number of pyridine rings is 2. The highest BCUT2D eigenvalue weighted by Crippen LogP contribution is 2.27. The molecule has 0 amide bonds. The maximum absolute atomic E-state index is 4.30. The highest BCUT2D eigenvalue weighted by Gasteiger charge is 2.09. The lowest BCUT2D eigenvalue weighted by Crippen LogP contribution is -1.81. The van der Waals surface area contributed by atoms with E-state index in [1.807, 2.05) is 30.3 Å². The van der Waals surface area contributed by atoms with E-state index in [0.717, 1.165) is 25.9 Å². The van der Waals surface area contributed by atoms with Gasteiger partial charge in [0.15, 0.2) is 10.0 Å². The Morgan fingerprint density at radius 2 is 1.67 bits per heavy atom. The first kappa shape index (κ1) is 11.4. The van der Waals surface area contributed by atoms with Crippen LogP contribution in [0.25, 0.3) is 21.4 Å². The lowest BCUT2D eigenvalue weighted by Gasteiger charge is -1.93. The molecule has 3 aromatic rings. The van der Waals surface area contributed by atoms with Gasteiger partial charge in [-0.3, -0.25) is 9.97 Å². The quantitative estimate of drug-likeness (QED) is 0.726. The summed E-state index contributed by atoms with van der Waals surface area (Å²) >= 11 is 4.84. The minimum atomic E-state index is 0.795. The molecule has 0 aromatic carbocycles. The Labute approximate surface area is 116 Å². The molecule has 0 atom stereocenters. The van der Waals surface area contributed by atoms with Crippen LogP contribution in [0.1, 0.15) is 0 Å². The van der Waals surface area contributed by atoms with E-state index in [2.05, 4.69) is 36.1 Å². The first-order valence-corrected chi connectivity index (χ1v) is 6.81. The summed E-state index contributed by atoms with van der Waals surface area (Å²) in [5, 5.41) is 9.88. The zero-order valence-corrected chi connectivity index (χ0v) is 11.5. The average Bonchev–Trinajstić information content (AvgIpc) is 2.90. The van der Waals surface area contributed by atoms with Crippen molar-refractivity contribution in [3.63, 3.8) is 0 Å². The first-order chi connectivity index (χ1) is 8.83. The maximum atomic E-state index is 4.30. The van der Waals surface area contributed by atoms with Gasteiger partial charge >= 0.3 is 0 Å². The Hall–Kier alpha value is -1.66. The Kier molecular flexibility index (Phi) is 3.12. The van der Waals surface area contributed by atoms with Crippen molar-refractivity contribution >= 4 is 27.3 Å². The lowest BCUT2D eigenvalue weighted by atomic mass is 10.4. The Bertz CT molecular complexity index is 651. The van der Waals surface area contributed by atoms with E-state index >= 15 is 0 Å². The number of hydrogen-bond acceptors (Lipinski definition) is 5. The monoisotopic (exact) mass is 318 g/mol. The van der Waals surface area contributed by atoms with Gasteiger partial charge in [-0.1, -0.05) is 17.4 Å². The molecule has 3 rings (SSSR count). The molecule has 0 aliphatic carbocycles. The standard InChI is InChI=1S/C12H7BrN4S/c13-8-4-5-10(15-7-8)12-17-16-11(18-12)9-3-1-2-6-14-9/h1-7H. The van der Waals surface area contributed by atoms with Crippen LogP contribution < -0.4 is 0 Å². The van der Waals surface area contributed by atoms with Crippen LogP contribution in [0.15, 0.2) is 47.2 Å². The summed E-state index contributed by atoms with van der Waals surface area (Å²) in [5.41, 5.74) is 1.65. The van der Waals surface area contributed by atoms with Crippen LogP contribution in [0, 0.1) is 0 Å². The molecule has 0 radical (unpaired) electrons. The minimum Gasteiger partial charge on any atom is -0.254 e. The van der Waals surface area contributed by atoms with Gasteiger partial charge in [-0.15, -0.1) is 10.2 Å². The largest absolute Gasteiger partial charge is 0.254 e. The highest BCUT2D eigenvalue weighted by molar-refractivity contribution is 9.10. The maximum Gasteiger partial charge on any atom is 0.166 e. The normalized spacial score (nSPS) is 10.5. The smallest absolute Gasteiger partial charge is 0.166 e. The summed E-state index contributed by atoms with van der Waals surface area (Å²) in [5.74, 6) is 0. The number of halogens is 1. The van der Waals surface area contributed by atoms with Crippen LogP contribution >= 0.6 is 27.3 Å². The molecule has 0 aliphatic heterocycles. The predicted octanol–water partition coefficient (Wildman–Crippen LogP) is 3.42. The van der Waals surface area contributed by atoms with Crippen LogP contribution in [0.4, 0.5) is 0 Å². The van der Waals surface area contributed by atoms with E-state index < -0.39 is 0 Å². The summed E-state index contributed by atoms with van der Waals surface area (Å²) in [4.78, 5) is 8.55. The summed E-state index contributed by atoms with van der Waals surface area (Å²) in [6, 6.07) is 9.57. The average molecular weight is 319 g/mol. The van der Waals surface area contributed by atoms with Crippen molar-refractivity contribution in [1.29, 1.82) is 0 Å². The van der Waals surface area contributed by atoms with Gasteiger partial charge in [-0.25, -0.2) is 0 Å². The van der Waals surface area contributed by atoms with Crippen molar-refractivity contribution in [3.8, 4) is 21.4 Å². The Morgan fingerprint density at radius 3 is 2.28 bits per heavy atom. The van der Waals surface area contributed by atoms with Gasteiger partial charge in [-0.05, 0) is 40.2 Å². The van der Waals surface area contributed by atoms with Gasteiger partial charge in [0.05, 0.1) is 0 Å². The molecule has 0 saturated heterocycles. The molecule has 88 valence electrons. The number of aromatic nitrogens is 4. The van der Waals surface area contributed by atoms with Crippen LogP contribution in [0.2, 0.25) is 0 Å². The van der Waals surface area contributed by atoms with Gasteiger partial charge in [0, 0.05) is 16.9 Å². The molecule has 6 heteroatoms. The lowest BCUT2D eigenvalue weighted by molar-refractivity contribution is 1.08. The van der Waals surface area contributed by atoms with E-state index in [1.165, 1.54) is 11.3 Å². The van der Waals surface area contributed by atoms with Crippen molar-refractivity contribution in [1.82, 2.24) is 20.2 Å². The van der Waals surface area contributed by atoms with E-state index in [0.29, 0.717) is 0 Å². The van der Waals surface area contributed by atoms with Crippen LogP contribution in [0.5, 0.6) is 0 Å². The number of hydrogen-bond donors (Lipinski definition) is 0. The van der Waals surface area contributed by atoms with Crippen molar-refractivity contribution < 1.29 is 0 Å². The van der Waals surface area contributed by atoms with Gasteiger partial charge in [0.25, 0.3) is 0 Å². The van der Waals surface area contributed by atoms with Crippen LogP contribution in [-0.4, -0.2) is 20.2 Å². The molecule has 0 bridgehead atoms. The summed E-state index contributed by atoms with van der Waals surface area (Å²) in [7, 11) is 0. The molecule has 3 aromatic heterocycles. The fourth-order valence-corrected chi connectivity index (χ4v) is 2.45. The molecule has 0 aliphatic rings. The second-order valence-electron chi connectivity index (χ2n) is 3.49. The second-order valence-corrected chi connectivity index (χ2v) is 5.38. The summed E-state index contributed by atoms with van der Waals surface area (Å²) in [6.45, 7) is 0. The number of rotatable bonds is 2. The molecule has 0 saturated carbocycles. The van der Waals surface area contributed by atoms with Gasteiger partial charge in [0.1, 0.15) is 11.4 Å². The second kappa shape index (κ2) is 4.91. The molecular formula is C12H7BrN4S. The topological polar surface area (TPSA) is 51.6 Å². The molecule has 4 nitrogen and oxygen atoms in total. The van der Waals surface area contributed by atoms with Gasteiger partial charge < -0.3 is 0 Å². The van der Waals surface area contributed by atoms with E-state index in [4.69, 9.17) is 0 Å². The zero-order valence-electron chi connectivity index (χ0n) is 9.12. The molecule has 0 N–H and O–H groups in total. The molecule has 3 heterocycles. The fraction of sp³-hybridized carbons (Fsp3) is 0. The molecule has 0 spiro atoms. The Morgan fingerprint density at radius 1 is 0.889 bits per heavy atom. The third-order valence-corrected chi connectivity index (χ3v) is 3.69. The van der Waals surface area contributed by atoms with Crippen LogP contribution in [-0.2, 0) is 0 Å². The van der Waals surface area contributed by atoms with Crippen molar-refractivity contribution in [2.24, 2.45) is 0 Å². The Balaban J connectivity index is 1.97. The molecule has 0 fully saturated rings. The zero-order chi connectivity index (χ0) is 12.4. The third-order valence-electron chi connectivity index (χ3n) is 2.26. The van der Waals surface area contributed by atoms with Crippen LogP contribution in [0.3, 0.4) is 0 Å². The predicted molar refractivity (Wildman–Crippen MR) is 74.1 cm³/mol. The van der Waals surface area contributed by atoms with Crippen molar-refractivity contribution in [2.45, 2.75) is 0 Å². The highest BCUT2D eigenvalue weighted by atomic mass is 79.9. The number of nitrogens with zero attached hydrogens (tertiary/aromatic N) is 4. The third kappa shape index (κ3) is 2.30. The van der Waals surface area contributed by atoms with Crippen molar-refractivity contribution in [3.05, 3.63) is 47.2 Å².